The lowest BCUT2D eigenvalue weighted by Crippen LogP contribution is -2.44. The fourth-order valence-electron chi connectivity index (χ4n) is 4.05. The summed E-state index contributed by atoms with van der Waals surface area (Å²) < 4.78 is 25.5. The van der Waals surface area contributed by atoms with Gasteiger partial charge in [0, 0.05) is 37.8 Å². The molecule has 154 valence electrons. The number of piperidine rings is 1. The van der Waals surface area contributed by atoms with E-state index in [2.05, 4.69) is 34.5 Å². The van der Waals surface area contributed by atoms with Crippen molar-refractivity contribution >= 4 is 21.6 Å². The summed E-state index contributed by atoms with van der Waals surface area (Å²) in [5.41, 5.74) is 2.51. The number of sulfonamides is 1. The molecule has 2 aliphatic heterocycles. The second-order valence-corrected chi connectivity index (χ2v) is 9.81. The van der Waals surface area contributed by atoms with Crippen LogP contribution in [0.25, 0.3) is 0 Å². The predicted molar refractivity (Wildman–Crippen MR) is 114 cm³/mol. The number of anilines is 1. The smallest absolute Gasteiger partial charge is 0.251 e. The van der Waals surface area contributed by atoms with Crippen molar-refractivity contribution in [1.82, 2.24) is 10.2 Å². The Balaban J connectivity index is 1.29. The van der Waals surface area contributed by atoms with E-state index in [4.69, 9.17) is 0 Å². The Morgan fingerprint density at radius 2 is 1.66 bits per heavy atom. The van der Waals surface area contributed by atoms with E-state index in [1.54, 1.807) is 24.3 Å². The highest BCUT2D eigenvalue weighted by Gasteiger charge is 2.28. The SMILES string of the molecule is O=C(NC1CCN(Cc2ccccc2)CC1)c1ccc(N2CCCS2(=O)=O)cc1. The zero-order chi connectivity index (χ0) is 20.3. The number of carbonyl (C=O) groups excluding carboxylic acids is 1. The van der Waals surface area contributed by atoms with Crippen LogP contribution < -0.4 is 9.62 Å². The van der Waals surface area contributed by atoms with Crippen LogP contribution in [0.4, 0.5) is 5.69 Å². The molecular weight excluding hydrogens is 386 g/mol. The van der Waals surface area contributed by atoms with Gasteiger partial charge in [-0.1, -0.05) is 30.3 Å². The monoisotopic (exact) mass is 413 g/mol. The van der Waals surface area contributed by atoms with Crippen LogP contribution in [0.3, 0.4) is 0 Å². The van der Waals surface area contributed by atoms with Gasteiger partial charge in [-0.05, 0) is 49.1 Å². The maximum absolute atomic E-state index is 12.6. The molecule has 0 spiro atoms. The second-order valence-electron chi connectivity index (χ2n) is 7.80. The van der Waals surface area contributed by atoms with Gasteiger partial charge in [-0.25, -0.2) is 8.42 Å². The molecule has 0 aliphatic carbocycles. The molecule has 0 bridgehead atoms. The molecule has 1 N–H and O–H groups in total. The van der Waals surface area contributed by atoms with Crippen LogP contribution in [-0.2, 0) is 16.6 Å². The Morgan fingerprint density at radius 3 is 2.28 bits per heavy atom. The Hall–Kier alpha value is -2.38. The summed E-state index contributed by atoms with van der Waals surface area (Å²) in [6, 6.07) is 17.5. The number of nitrogens with one attached hydrogen (secondary N) is 1. The Labute approximate surface area is 172 Å². The Morgan fingerprint density at radius 1 is 0.966 bits per heavy atom. The fourth-order valence-corrected chi connectivity index (χ4v) is 5.62. The van der Waals surface area contributed by atoms with Crippen LogP contribution in [0.1, 0.15) is 35.2 Å². The minimum absolute atomic E-state index is 0.0951. The van der Waals surface area contributed by atoms with Crippen molar-refractivity contribution in [3.63, 3.8) is 0 Å². The summed E-state index contributed by atoms with van der Waals surface area (Å²) in [5, 5.41) is 3.13. The average Bonchev–Trinajstić information content (AvgIpc) is 3.09. The fraction of sp³-hybridized carbons (Fsp3) is 0.409. The van der Waals surface area contributed by atoms with Gasteiger partial charge in [0.15, 0.2) is 0 Å². The van der Waals surface area contributed by atoms with E-state index in [0.29, 0.717) is 24.2 Å². The van der Waals surface area contributed by atoms with Crippen molar-refractivity contribution in [2.75, 3.05) is 29.7 Å². The van der Waals surface area contributed by atoms with Crippen molar-refractivity contribution in [3.05, 3.63) is 65.7 Å². The summed E-state index contributed by atoms with van der Waals surface area (Å²) >= 11 is 0. The molecule has 0 aromatic heterocycles. The molecule has 2 fully saturated rings. The maximum Gasteiger partial charge on any atom is 0.251 e. The molecule has 2 saturated heterocycles. The molecule has 2 heterocycles. The van der Waals surface area contributed by atoms with Crippen molar-refractivity contribution in [2.24, 2.45) is 0 Å². The number of likely N-dealkylation sites (tertiary alicyclic amines) is 1. The molecule has 0 radical (unpaired) electrons. The van der Waals surface area contributed by atoms with E-state index in [0.717, 1.165) is 32.5 Å². The summed E-state index contributed by atoms with van der Waals surface area (Å²) in [7, 11) is -3.20. The molecule has 1 amide bonds. The average molecular weight is 414 g/mol. The number of nitrogens with zero attached hydrogens (tertiary/aromatic N) is 2. The maximum atomic E-state index is 12.6. The largest absolute Gasteiger partial charge is 0.349 e. The first-order valence-electron chi connectivity index (χ1n) is 10.2. The summed E-state index contributed by atoms with van der Waals surface area (Å²) in [4.78, 5) is 15.0. The first kappa shape index (κ1) is 19.9. The number of benzene rings is 2. The van der Waals surface area contributed by atoms with E-state index in [-0.39, 0.29) is 17.7 Å². The molecule has 0 unspecified atom stereocenters. The van der Waals surface area contributed by atoms with Crippen LogP contribution in [0.5, 0.6) is 0 Å². The first-order chi connectivity index (χ1) is 14.0. The molecule has 6 nitrogen and oxygen atoms in total. The van der Waals surface area contributed by atoms with Crippen LogP contribution in [-0.4, -0.2) is 50.7 Å². The number of rotatable bonds is 5. The molecule has 0 saturated carbocycles. The number of hydrogen-bond acceptors (Lipinski definition) is 4. The zero-order valence-corrected chi connectivity index (χ0v) is 17.3. The molecule has 4 rings (SSSR count). The van der Waals surface area contributed by atoms with Gasteiger partial charge in [-0.15, -0.1) is 0 Å². The topological polar surface area (TPSA) is 69.7 Å². The van der Waals surface area contributed by atoms with Crippen molar-refractivity contribution in [3.8, 4) is 0 Å². The van der Waals surface area contributed by atoms with Gasteiger partial charge in [0.25, 0.3) is 5.91 Å². The van der Waals surface area contributed by atoms with Crippen molar-refractivity contribution in [2.45, 2.75) is 31.8 Å². The standard InChI is InChI=1S/C22H27N3O3S/c26-22(19-7-9-21(10-8-19)25-13-4-16-29(25,27)28)23-20-11-14-24(15-12-20)17-18-5-2-1-3-6-18/h1-3,5-10,20H,4,11-17H2,(H,23,26). The second kappa shape index (κ2) is 8.55. The Bertz CT molecular complexity index is 937. The zero-order valence-electron chi connectivity index (χ0n) is 16.5. The van der Waals surface area contributed by atoms with Crippen LogP contribution >= 0.6 is 0 Å². The van der Waals surface area contributed by atoms with E-state index >= 15 is 0 Å². The highest BCUT2D eigenvalue weighted by Crippen LogP contribution is 2.24. The normalized spacial score (nSPS) is 19.9. The lowest BCUT2D eigenvalue weighted by atomic mass is 10.0. The van der Waals surface area contributed by atoms with Gasteiger partial charge < -0.3 is 5.32 Å². The molecule has 2 aromatic rings. The molecule has 7 heteroatoms. The number of hydrogen-bond donors (Lipinski definition) is 1. The van der Waals surface area contributed by atoms with Crippen molar-refractivity contribution in [1.29, 1.82) is 0 Å². The summed E-state index contributed by atoms with van der Waals surface area (Å²) in [5.74, 6) is 0.0976. The third kappa shape index (κ3) is 4.79. The molecule has 2 aromatic carbocycles. The molecule has 2 aliphatic rings. The number of amides is 1. The first-order valence-corrected chi connectivity index (χ1v) is 11.8. The van der Waals surface area contributed by atoms with Gasteiger partial charge in [0.2, 0.25) is 10.0 Å². The number of carbonyl (C=O) groups is 1. The molecule has 29 heavy (non-hydrogen) atoms. The van der Waals surface area contributed by atoms with Gasteiger partial charge in [0.1, 0.15) is 0 Å². The highest BCUT2D eigenvalue weighted by molar-refractivity contribution is 7.93. The Kier molecular flexibility index (Phi) is 5.87. The lowest BCUT2D eigenvalue weighted by Gasteiger charge is -2.32. The van der Waals surface area contributed by atoms with Gasteiger partial charge in [-0.2, -0.15) is 0 Å². The summed E-state index contributed by atoms with van der Waals surface area (Å²) in [6.45, 7) is 3.38. The lowest BCUT2D eigenvalue weighted by molar-refractivity contribution is 0.0909. The van der Waals surface area contributed by atoms with E-state index in [1.165, 1.54) is 9.87 Å². The van der Waals surface area contributed by atoms with Gasteiger partial charge >= 0.3 is 0 Å². The van der Waals surface area contributed by atoms with E-state index < -0.39 is 10.0 Å². The van der Waals surface area contributed by atoms with Gasteiger partial charge in [-0.3, -0.25) is 14.0 Å². The predicted octanol–water partition coefficient (Wildman–Crippen LogP) is 2.62. The highest BCUT2D eigenvalue weighted by atomic mass is 32.2. The van der Waals surface area contributed by atoms with Crippen LogP contribution in [0.2, 0.25) is 0 Å². The van der Waals surface area contributed by atoms with E-state index in [1.807, 2.05) is 6.07 Å². The van der Waals surface area contributed by atoms with Crippen molar-refractivity contribution < 1.29 is 13.2 Å². The summed E-state index contributed by atoms with van der Waals surface area (Å²) in [6.07, 6.45) is 2.51. The van der Waals surface area contributed by atoms with Crippen LogP contribution in [0, 0.1) is 0 Å². The minimum Gasteiger partial charge on any atom is -0.349 e. The minimum atomic E-state index is -3.20. The molecule has 0 atom stereocenters. The third-order valence-corrected chi connectivity index (χ3v) is 7.56. The van der Waals surface area contributed by atoms with E-state index in [9.17, 15) is 13.2 Å². The quantitative estimate of drug-likeness (QED) is 0.818. The molecular formula is C22H27N3O3S. The van der Waals surface area contributed by atoms with Crippen LogP contribution in [0.15, 0.2) is 54.6 Å². The van der Waals surface area contributed by atoms with Gasteiger partial charge in [0.05, 0.1) is 11.4 Å². The third-order valence-electron chi connectivity index (χ3n) is 5.69.